The summed E-state index contributed by atoms with van der Waals surface area (Å²) in [6.45, 7) is 2.37. The van der Waals surface area contributed by atoms with E-state index in [1.807, 2.05) is 13.0 Å². The molecule has 0 aliphatic carbocycles. The number of carbonyl (C=O) groups is 1. The van der Waals surface area contributed by atoms with E-state index in [0.717, 1.165) is 0 Å². The molecule has 3 rings (SSSR count). The minimum atomic E-state index is -0.225. The first-order chi connectivity index (χ1) is 11.2. The summed E-state index contributed by atoms with van der Waals surface area (Å²) in [6, 6.07) is 8.76. The average Bonchev–Trinajstić information content (AvgIpc) is 2.98. The van der Waals surface area contributed by atoms with Crippen LogP contribution >= 0.6 is 0 Å². The number of carbonyl (C=O) groups excluding carboxylic acids is 1. The van der Waals surface area contributed by atoms with Crippen LogP contribution in [0.1, 0.15) is 22.8 Å². The molecular weight excluding hydrogens is 294 g/mol. The molecule has 0 saturated heterocycles. The molecule has 0 radical (unpaired) electrons. The number of hydrogen-bond donors (Lipinski definition) is 2. The van der Waals surface area contributed by atoms with Gasteiger partial charge in [-0.2, -0.15) is 5.26 Å². The molecule has 0 aliphatic rings. The lowest BCUT2D eigenvalue weighted by Gasteiger charge is -2.05. The molecule has 7 nitrogen and oxygen atoms in total. The van der Waals surface area contributed by atoms with E-state index in [4.69, 9.17) is 10.00 Å². The van der Waals surface area contributed by atoms with Crippen LogP contribution in [0.4, 0.5) is 0 Å². The van der Waals surface area contributed by atoms with Crippen molar-refractivity contribution in [2.24, 2.45) is 0 Å². The van der Waals surface area contributed by atoms with Crippen molar-refractivity contribution < 1.29 is 9.53 Å². The van der Waals surface area contributed by atoms with Crippen LogP contribution in [-0.2, 0) is 0 Å². The molecule has 23 heavy (non-hydrogen) atoms. The Morgan fingerprint density at radius 2 is 2.35 bits per heavy atom. The van der Waals surface area contributed by atoms with Gasteiger partial charge in [-0.15, -0.1) is 0 Å². The smallest absolute Gasteiger partial charge is 0.255 e. The molecule has 1 amide bonds. The average molecular weight is 307 g/mol. The number of H-pyrrole nitrogens is 1. The van der Waals surface area contributed by atoms with Crippen LogP contribution in [0.5, 0.6) is 11.6 Å². The van der Waals surface area contributed by atoms with Gasteiger partial charge in [0.05, 0.1) is 23.4 Å². The number of aromatic nitrogens is 3. The molecule has 0 spiro atoms. The quantitative estimate of drug-likeness (QED) is 0.770. The fraction of sp³-hybridized carbons (Fsp3) is 0.125. The Morgan fingerprint density at radius 1 is 1.48 bits per heavy atom. The minimum absolute atomic E-state index is 0.225. The van der Waals surface area contributed by atoms with Crippen LogP contribution in [0.25, 0.3) is 11.2 Å². The number of nitrogens with zero attached hydrogens (tertiary/aromatic N) is 3. The number of nitriles is 1. The summed E-state index contributed by atoms with van der Waals surface area (Å²) in [5, 5.41) is 11.6. The monoisotopic (exact) mass is 307 g/mol. The van der Waals surface area contributed by atoms with Crippen molar-refractivity contribution in [3.8, 4) is 17.7 Å². The number of fused-ring (bicyclic) bond motifs is 1. The van der Waals surface area contributed by atoms with Gasteiger partial charge in [0.2, 0.25) is 5.88 Å². The molecule has 0 aliphatic heterocycles. The SMILES string of the molecule is CCNC(=O)c1c[nH]c2ncc(Oc3cccc(C#N)c3)nc12. The van der Waals surface area contributed by atoms with E-state index < -0.39 is 0 Å². The Kier molecular flexibility index (Phi) is 3.89. The fourth-order valence-electron chi connectivity index (χ4n) is 2.10. The van der Waals surface area contributed by atoms with E-state index >= 15 is 0 Å². The van der Waals surface area contributed by atoms with Gasteiger partial charge in [0.25, 0.3) is 5.91 Å². The number of amides is 1. The van der Waals surface area contributed by atoms with Crippen molar-refractivity contribution in [2.75, 3.05) is 6.54 Å². The zero-order valence-corrected chi connectivity index (χ0v) is 12.3. The van der Waals surface area contributed by atoms with Crippen LogP contribution < -0.4 is 10.1 Å². The highest BCUT2D eigenvalue weighted by Gasteiger charge is 2.14. The maximum Gasteiger partial charge on any atom is 0.255 e. The highest BCUT2D eigenvalue weighted by atomic mass is 16.5. The fourth-order valence-corrected chi connectivity index (χ4v) is 2.10. The molecule has 114 valence electrons. The lowest BCUT2D eigenvalue weighted by Crippen LogP contribution is -2.22. The minimum Gasteiger partial charge on any atom is -0.437 e. The van der Waals surface area contributed by atoms with E-state index in [-0.39, 0.29) is 11.8 Å². The highest BCUT2D eigenvalue weighted by Crippen LogP contribution is 2.23. The summed E-state index contributed by atoms with van der Waals surface area (Å²) in [4.78, 5) is 23.4. The van der Waals surface area contributed by atoms with Crippen molar-refractivity contribution in [3.63, 3.8) is 0 Å². The third-order valence-electron chi connectivity index (χ3n) is 3.13. The summed E-state index contributed by atoms with van der Waals surface area (Å²) < 4.78 is 5.62. The van der Waals surface area contributed by atoms with Gasteiger partial charge in [-0.25, -0.2) is 9.97 Å². The van der Waals surface area contributed by atoms with Crippen LogP contribution in [0, 0.1) is 11.3 Å². The number of rotatable bonds is 4. The lowest BCUT2D eigenvalue weighted by atomic mass is 10.2. The van der Waals surface area contributed by atoms with Crippen molar-refractivity contribution in [3.05, 3.63) is 47.8 Å². The van der Waals surface area contributed by atoms with Crippen molar-refractivity contribution in [1.29, 1.82) is 5.26 Å². The van der Waals surface area contributed by atoms with Gasteiger partial charge in [0.15, 0.2) is 5.65 Å². The van der Waals surface area contributed by atoms with Crippen LogP contribution in [0.2, 0.25) is 0 Å². The number of benzene rings is 1. The molecular formula is C16H13N5O2. The summed E-state index contributed by atoms with van der Waals surface area (Å²) >= 11 is 0. The van der Waals surface area contributed by atoms with E-state index in [0.29, 0.717) is 34.6 Å². The van der Waals surface area contributed by atoms with Gasteiger partial charge in [0, 0.05) is 12.7 Å². The van der Waals surface area contributed by atoms with Crippen molar-refractivity contribution in [2.45, 2.75) is 6.92 Å². The molecule has 7 heteroatoms. The first-order valence-corrected chi connectivity index (χ1v) is 7.01. The van der Waals surface area contributed by atoms with Gasteiger partial charge < -0.3 is 15.0 Å². The first-order valence-electron chi connectivity index (χ1n) is 7.01. The Labute approximate surface area is 131 Å². The maximum absolute atomic E-state index is 12.0. The normalized spacial score (nSPS) is 10.3. The topological polar surface area (TPSA) is 104 Å². The molecule has 0 bridgehead atoms. The van der Waals surface area contributed by atoms with Crippen LogP contribution in [-0.4, -0.2) is 27.4 Å². The maximum atomic E-state index is 12.0. The number of nitrogens with one attached hydrogen (secondary N) is 2. The van der Waals surface area contributed by atoms with Crippen LogP contribution in [0.3, 0.4) is 0 Å². The molecule has 0 atom stereocenters. The van der Waals surface area contributed by atoms with Crippen LogP contribution in [0.15, 0.2) is 36.7 Å². The van der Waals surface area contributed by atoms with E-state index in [1.165, 1.54) is 6.20 Å². The van der Waals surface area contributed by atoms with Gasteiger partial charge in [-0.3, -0.25) is 4.79 Å². The number of hydrogen-bond acceptors (Lipinski definition) is 5. The third kappa shape index (κ3) is 2.96. The highest BCUT2D eigenvalue weighted by molar-refractivity contribution is 6.04. The van der Waals surface area contributed by atoms with E-state index in [1.54, 1.807) is 30.5 Å². The molecule has 2 heterocycles. The second kappa shape index (κ2) is 6.15. The van der Waals surface area contributed by atoms with Gasteiger partial charge in [-0.1, -0.05) is 6.07 Å². The molecule has 3 aromatic rings. The summed E-state index contributed by atoms with van der Waals surface area (Å²) in [7, 11) is 0. The molecule has 0 saturated carbocycles. The predicted octanol–water partition coefficient (Wildman–Crippen LogP) is 2.37. The summed E-state index contributed by atoms with van der Waals surface area (Å²) in [5.74, 6) is 0.502. The number of ether oxygens (including phenoxy) is 1. The summed E-state index contributed by atoms with van der Waals surface area (Å²) in [6.07, 6.45) is 3.02. The van der Waals surface area contributed by atoms with Gasteiger partial charge in [0.1, 0.15) is 11.3 Å². The Bertz CT molecular complexity index is 910. The number of aromatic amines is 1. The zero-order chi connectivity index (χ0) is 16.2. The zero-order valence-electron chi connectivity index (χ0n) is 12.3. The standard InChI is InChI=1S/C16H13N5O2/c1-2-18-16(22)12-8-19-15-14(12)21-13(9-20-15)23-11-5-3-4-10(6-11)7-17/h3-6,8-9H,2H2,1H3,(H,18,22)(H,19,20). The Morgan fingerprint density at radius 3 is 3.13 bits per heavy atom. The molecule has 0 fully saturated rings. The Hall–Kier alpha value is -3.40. The third-order valence-corrected chi connectivity index (χ3v) is 3.13. The first kappa shape index (κ1) is 14.5. The van der Waals surface area contributed by atoms with Crippen molar-refractivity contribution in [1.82, 2.24) is 20.3 Å². The summed E-state index contributed by atoms with van der Waals surface area (Å²) in [5.41, 5.74) is 1.83. The van der Waals surface area contributed by atoms with Gasteiger partial charge >= 0.3 is 0 Å². The van der Waals surface area contributed by atoms with E-state index in [2.05, 4.69) is 20.3 Å². The largest absolute Gasteiger partial charge is 0.437 e. The van der Waals surface area contributed by atoms with E-state index in [9.17, 15) is 4.79 Å². The lowest BCUT2D eigenvalue weighted by molar-refractivity contribution is 0.0957. The Balaban J connectivity index is 1.94. The molecule has 1 aromatic carbocycles. The predicted molar refractivity (Wildman–Crippen MR) is 83.1 cm³/mol. The van der Waals surface area contributed by atoms with Crippen molar-refractivity contribution >= 4 is 17.1 Å². The van der Waals surface area contributed by atoms with Gasteiger partial charge in [-0.05, 0) is 25.1 Å². The molecule has 2 N–H and O–H groups in total. The second-order valence-corrected chi connectivity index (χ2v) is 4.71. The molecule has 0 unspecified atom stereocenters. The second-order valence-electron chi connectivity index (χ2n) is 4.71. The molecule has 2 aromatic heterocycles.